The Morgan fingerprint density at radius 1 is 1.33 bits per heavy atom. The molecule has 1 fully saturated rings. The van der Waals surface area contributed by atoms with Gasteiger partial charge in [-0.3, -0.25) is 9.78 Å². The van der Waals surface area contributed by atoms with Crippen molar-refractivity contribution in [3.63, 3.8) is 0 Å². The van der Waals surface area contributed by atoms with E-state index in [0.717, 1.165) is 23.7 Å². The highest BCUT2D eigenvalue weighted by Crippen LogP contribution is 2.39. The molecule has 1 atom stereocenters. The fraction of sp³-hybridized carbons (Fsp3) is 0.312. The molecule has 0 saturated heterocycles. The monoisotopic (exact) mass is 284 g/mol. The Labute approximate surface area is 122 Å². The summed E-state index contributed by atoms with van der Waals surface area (Å²) in [5, 5.41) is 12.9. The van der Waals surface area contributed by atoms with Gasteiger partial charge in [-0.1, -0.05) is 6.07 Å². The summed E-state index contributed by atoms with van der Waals surface area (Å²) in [5.41, 5.74) is 0.0573. The minimum absolute atomic E-state index is 0.0149. The lowest BCUT2D eigenvalue weighted by molar-refractivity contribution is -0.144. The normalized spacial score (nSPS) is 17.2. The van der Waals surface area contributed by atoms with Crippen LogP contribution in [-0.4, -0.2) is 27.5 Å². The van der Waals surface area contributed by atoms with Gasteiger partial charge in [-0.25, -0.2) is 4.79 Å². The van der Waals surface area contributed by atoms with Gasteiger partial charge in [0.2, 0.25) is 0 Å². The van der Waals surface area contributed by atoms with Crippen molar-refractivity contribution in [1.29, 1.82) is 0 Å². The molecule has 3 rings (SSSR count). The first-order valence-corrected chi connectivity index (χ1v) is 6.91. The van der Waals surface area contributed by atoms with Gasteiger partial charge >= 0.3 is 5.97 Å². The van der Waals surface area contributed by atoms with Gasteiger partial charge in [-0.2, -0.15) is 0 Å². The Bertz CT molecular complexity index is 724. The number of hydrogen-bond donors (Lipinski definition) is 2. The minimum atomic E-state index is -1.19. The van der Waals surface area contributed by atoms with E-state index in [4.69, 9.17) is 0 Å². The highest BCUT2D eigenvalue weighted by molar-refractivity contribution is 6.00. The molecule has 108 valence electrons. The van der Waals surface area contributed by atoms with Crippen LogP contribution >= 0.6 is 0 Å². The van der Waals surface area contributed by atoms with Crippen molar-refractivity contribution >= 4 is 22.8 Å². The molecule has 5 heteroatoms. The first-order valence-electron chi connectivity index (χ1n) is 6.91. The second-order valence-corrected chi connectivity index (χ2v) is 5.65. The number of benzene rings is 1. The minimum Gasteiger partial charge on any atom is -0.480 e. The van der Waals surface area contributed by atoms with Gasteiger partial charge < -0.3 is 10.4 Å². The van der Waals surface area contributed by atoms with Crippen molar-refractivity contribution in [2.45, 2.75) is 25.3 Å². The van der Waals surface area contributed by atoms with Crippen LogP contribution in [0.5, 0.6) is 0 Å². The van der Waals surface area contributed by atoms with Gasteiger partial charge in [0, 0.05) is 17.1 Å². The number of carbonyl (C=O) groups is 2. The van der Waals surface area contributed by atoms with E-state index in [1.807, 2.05) is 6.07 Å². The zero-order valence-corrected chi connectivity index (χ0v) is 11.7. The third-order valence-electron chi connectivity index (χ3n) is 4.08. The largest absolute Gasteiger partial charge is 0.480 e. The zero-order valence-electron chi connectivity index (χ0n) is 11.7. The molecule has 1 unspecified atom stereocenters. The molecule has 0 aliphatic heterocycles. The quantitative estimate of drug-likeness (QED) is 0.902. The maximum absolute atomic E-state index is 12.3. The van der Waals surface area contributed by atoms with Crippen LogP contribution in [0.15, 0.2) is 36.5 Å². The molecular formula is C16H16N2O3. The van der Waals surface area contributed by atoms with E-state index in [0.29, 0.717) is 5.56 Å². The number of carbonyl (C=O) groups excluding carboxylic acids is 1. The second kappa shape index (κ2) is 4.84. The summed E-state index contributed by atoms with van der Waals surface area (Å²) in [6.07, 6.45) is 3.37. The summed E-state index contributed by atoms with van der Waals surface area (Å²) in [6, 6.07) is 8.83. The van der Waals surface area contributed by atoms with Crippen molar-refractivity contribution in [1.82, 2.24) is 10.3 Å². The average molecular weight is 284 g/mol. The number of nitrogens with one attached hydrogen (secondary N) is 1. The predicted molar refractivity (Wildman–Crippen MR) is 78.0 cm³/mol. The van der Waals surface area contributed by atoms with E-state index in [1.54, 1.807) is 37.4 Å². The topological polar surface area (TPSA) is 79.3 Å². The van der Waals surface area contributed by atoms with Crippen molar-refractivity contribution in [2.24, 2.45) is 5.92 Å². The molecule has 2 aromatic rings. The average Bonchev–Trinajstić information content (AvgIpc) is 3.31. The molecule has 1 heterocycles. The summed E-state index contributed by atoms with van der Waals surface area (Å²) >= 11 is 0. The van der Waals surface area contributed by atoms with Crippen molar-refractivity contribution in [2.75, 3.05) is 0 Å². The Morgan fingerprint density at radius 2 is 2.10 bits per heavy atom. The van der Waals surface area contributed by atoms with E-state index < -0.39 is 11.5 Å². The lowest BCUT2D eigenvalue weighted by Crippen LogP contribution is -2.54. The lowest BCUT2D eigenvalue weighted by atomic mass is 9.95. The summed E-state index contributed by atoms with van der Waals surface area (Å²) in [4.78, 5) is 28.0. The van der Waals surface area contributed by atoms with Crippen molar-refractivity contribution in [3.8, 4) is 0 Å². The Balaban J connectivity index is 1.88. The lowest BCUT2D eigenvalue weighted by Gasteiger charge is -2.26. The SMILES string of the molecule is CC(NC(=O)c1ccc2ncccc2c1)(C(=O)O)C1CC1. The van der Waals surface area contributed by atoms with Crippen LogP contribution in [0.4, 0.5) is 0 Å². The molecule has 2 N–H and O–H groups in total. The fourth-order valence-corrected chi connectivity index (χ4v) is 2.52. The molecule has 0 spiro atoms. The zero-order chi connectivity index (χ0) is 15.0. The van der Waals surface area contributed by atoms with E-state index in [1.165, 1.54) is 0 Å². The highest BCUT2D eigenvalue weighted by Gasteiger charge is 2.48. The maximum Gasteiger partial charge on any atom is 0.329 e. The third kappa shape index (κ3) is 2.46. The van der Waals surface area contributed by atoms with Gasteiger partial charge in [0.25, 0.3) is 5.91 Å². The molecule has 1 saturated carbocycles. The van der Waals surface area contributed by atoms with Gasteiger partial charge in [-0.15, -0.1) is 0 Å². The number of hydrogen-bond acceptors (Lipinski definition) is 3. The number of nitrogens with zero attached hydrogens (tertiary/aromatic N) is 1. The first-order chi connectivity index (χ1) is 10.0. The molecule has 1 aliphatic carbocycles. The van der Waals surface area contributed by atoms with Gasteiger partial charge in [0.1, 0.15) is 5.54 Å². The van der Waals surface area contributed by atoms with Crippen molar-refractivity contribution < 1.29 is 14.7 Å². The van der Waals surface area contributed by atoms with Crippen LogP contribution in [0, 0.1) is 5.92 Å². The molecule has 21 heavy (non-hydrogen) atoms. The molecule has 0 bridgehead atoms. The van der Waals surface area contributed by atoms with E-state index in [9.17, 15) is 14.7 Å². The molecule has 0 radical (unpaired) electrons. The number of aromatic nitrogens is 1. The molecule has 1 aromatic heterocycles. The number of aliphatic carboxylic acids is 1. The number of pyridine rings is 1. The van der Waals surface area contributed by atoms with Gasteiger partial charge in [0.15, 0.2) is 0 Å². The number of amides is 1. The second-order valence-electron chi connectivity index (χ2n) is 5.65. The molecule has 1 aliphatic rings. The van der Waals surface area contributed by atoms with Gasteiger partial charge in [0.05, 0.1) is 5.52 Å². The Morgan fingerprint density at radius 3 is 2.76 bits per heavy atom. The van der Waals surface area contributed by atoms with E-state index >= 15 is 0 Å². The van der Waals surface area contributed by atoms with Gasteiger partial charge in [-0.05, 0) is 49.9 Å². The first kappa shape index (κ1) is 13.5. The molecule has 1 aromatic carbocycles. The van der Waals surface area contributed by atoms with Crippen LogP contribution in [0.1, 0.15) is 30.1 Å². The number of fused-ring (bicyclic) bond motifs is 1. The smallest absolute Gasteiger partial charge is 0.329 e. The molecular weight excluding hydrogens is 268 g/mol. The summed E-state index contributed by atoms with van der Waals surface area (Å²) in [5.74, 6) is -1.33. The Hall–Kier alpha value is -2.43. The van der Waals surface area contributed by atoms with Crippen LogP contribution in [0.3, 0.4) is 0 Å². The summed E-state index contributed by atoms with van der Waals surface area (Å²) < 4.78 is 0. The van der Waals surface area contributed by atoms with Crippen LogP contribution in [0.25, 0.3) is 10.9 Å². The van der Waals surface area contributed by atoms with Crippen molar-refractivity contribution in [3.05, 3.63) is 42.1 Å². The summed E-state index contributed by atoms with van der Waals surface area (Å²) in [6.45, 7) is 1.58. The number of carboxylic acids is 1. The maximum atomic E-state index is 12.3. The van der Waals surface area contributed by atoms with E-state index in [-0.39, 0.29) is 11.8 Å². The third-order valence-corrected chi connectivity index (χ3v) is 4.08. The standard InChI is InChI=1S/C16H16N2O3/c1-16(15(20)21,12-5-6-12)18-14(19)11-4-7-13-10(9-11)3-2-8-17-13/h2-4,7-9,12H,5-6H2,1H3,(H,18,19)(H,20,21). The molecule has 5 nitrogen and oxygen atoms in total. The highest BCUT2D eigenvalue weighted by atomic mass is 16.4. The van der Waals surface area contributed by atoms with Crippen LogP contribution in [0.2, 0.25) is 0 Å². The number of rotatable bonds is 4. The molecule has 1 amide bonds. The van der Waals surface area contributed by atoms with Crippen LogP contribution in [-0.2, 0) is 4.79 Å². The Kier molecular flexibility index (Phi) is 3.12. The predicted octanol–water partition coefficient (Wildman–Crippen LogP) is 2.22. The summed E-state index contributed by atoms with van der Waals surface area (Å²) in [7, 11) is 0. The fourth-order valence-electron chi connectivity index (χ4n) is 2.52. The van der Waals surface area contributed by atoms with Crippen LogP contribution < -0.4 is 5.32 Å². The van der Waals surface area contributed by atoms with E-state index in [2.05, 4.69) is 10.3 Å². The number of carboxylic acid groups (broad SMARTS) is 1.